The van der Waals surface area contributed by atoms with Gasteiger partial charge in [-0.05, 0) is 42.1 Å². The molecule has 1 aliphatic rings. The molecular weight excluding hydrogens is 374 g/mol. The van der Waals surface area contributed by atoms with Gasteiger partial charge in [0.2, 0.25) is 0 Å². The predicted molar refractivity (Wildman–Crippen MR) is 106 cm³/mol. The molecule has 0 amide bonds. The summed E-state index contributed by atoms with van der Waals surface area (Å²) in [7, 11) is 2.08. The lowest BCUT2D eigenvalue weighted by atomic mass is 10.0. The molecule has 0 radical (unpaired) electrons. The Morgan fingerprint density at radius 3 is 2.60 bits per heavy atom. The molecular formula is C21H18BrN3. The molecule has 0 bridgehead atoms. The number of aromatic nitrogens is 2. The highest BCUT2D eigenvalue weighted by molar-refractivity contribution is 9.10. The van der Waals surface area contributed by atoms with E-state index in [0.29, 0.717) is 0 Å². The number of rotatable bonds is 3. The minimum Gasteiger partial charge on any atom is -0.377 e. The fraction of sp³-hybridized carbons (Fsp3) is 0.0952. The monoisotopic (exact) mass is 391 g/mol. The second-order valence-corrected chi connectivity index (χ2v) is 7.01. The molecule has 1 aromatic heterocycles. The van der Waals surface area contributed by atoms with Crippen molar-refractivity contribution in [2.24, 2.45) is 0 Å². The maximum Gasteiger partial charge on any atom is 0.101 e. The fourth-order valence-electron chi connectivity index (χ4n) is 2.93. The first kappa shape index (κ1) is 15.9. The van der Waals surface area contributed by atoms with E-state index in [0.717, 1.165) is 33.5 Å². The lowest BCUT2D eigenvalue weighted by Crippen LogP contribution is -2.13. The quantitative estimate of drug-likeness (QED) is 0.615. The normalized spacial score (nSPS) is 13.8. The van der Waals surface area contributed by atoms with E-state index in [1.54, 1.807) is 0 Å². The molecule has 124 valence electrons. The predicted octanol–water partition coefficient (Wildman–Crippen LogP) is 5.14. The highest BCUT2D eigenvalue weighted by atomic mass is 79.9. The van der Waals surface area contributed by atoms with Gasteiger partial charge in [-0.3, -0.25) is 0 Å². The lowest BCUT2D eigenvalue weighted by Gasteiger charge is -2.17. The van der Waals surface area contributed by atoms with Crippen molar-refractivity contribution in [3.63, 3.8) is 0 Å². The summed E-state index contributed by atoms with van der Waals surface area (Å²) in [6.07, 6.45) is 8.62. The standard InChI is InChI=1S/C21H18BrN3/c1-24-12-10-16(11-13-24)20-15-25(19-8-3-2-4-9-19)23-21(20)17-6-5-7-18(22)14-17/h2-12,14-15H,13H2,1H3. The molecule has 0 aliphatic carbocycles. The second kappa shape index (κ2) is 6.73. The van der Waals surface area contributed by atoms with E-state index >= 15 is 0 Å². The Kier molecular flexibility index (Phi) is 4.28. The molecule has 4 heteroatoms. The van der Waals surface area contributed by atoms with Crippen LogP contribution >= 0.6 is 15.9 Å². The molecule has 4 rings (SSSR count). The average Bonchev–Trinajstić information content (AvgIpc) is 3.08. The van der Waals surface area contributed by atoms with Gasteiger partial charge in [0.15, 0.2) is 0 Å². The number of benzene rings is 2. The highest BCUT2D eigenvalue weighted by Crippen LogP contribution is 2.32. The van der Waals surface area contributed by atoms with Gasteiger partial charge in [0, 0.05) is 35.4 Å². The number of halogens is 1. The van der Waals surface area contributed by atoms with E-state index in [1.807, 2.05) is 35.0 Å². The Hall–Kier alpha value is -2.59. The van der Waals surface area contributed by atoms with Crippen LogP contribution in [0.2, 0.25) is 0 Å². The topological polar surface area (TPSA) is 21.1 Å². The molecule has 0 N–H and O–H groups in total. The molecule has 0 atom stereocenters. The van der Waals surface area contributed by atoms with Crippen molar-refractivity contribution < 1.29 is 0 Å². The van der Waals surface area contributed by atoms with E-state index in [9.17, 15) is 0 Å². The van der Waals surface area contributed by atoms with Crippen LogP contribution in [0.4, 0.5) is 0 Å². The molecule has 0 saturated heterocycles. The molecule has 3 aromatic rings. The number of hydrogen-bond acceptors (Lipinski definition) is 2. The summed E-state index contributed by atoms with van der Waals surface area (Å²) in [5.41, 5.74) is 5.50. The second-order valence-electron chi connectivity index (χ2n) is 6.10. The van der Waals surface area contributed by atoms with Crippen LogP contribution in [0.1, 0.15) is 5.56 Å². The summed E-state index contributed by atoms with van der Waals surface area (Å²) in [6.45, 7) is 0.903. The maximum atomic E-state index is 4.89. The van der Waals surface area contributed by atoms with E-state index in [2.05, 4.69) is 76.7 Å². The van der Waals surface area contributed by atoms with Gasteiger partial charge in [0.1, 0.15) is 5.69 Å². The van der Waals surface area contributed by atoms with Crippen molar-refractivity contribution in [1.82, 2.24) is 14.7 Å². The summed E-state index contributed by atoms with van der Waals surface area (Å²) in [6, 6.07) is 18.5. The Labute approximate surface area is 156 Å². The van der Waals surface area contributed by atoms with Crippen molar-refractivity contribution >= 4 is 21.5 Å². The maximum absolute atomic E-state index is 4.89. The number of allylic oxidation sites excluding steroid dienone is 2. The van der Waals surface area contributed by atoms with Gasteiger partial charge >= 0.3 is 0 Å². The average molecular weight is 392 g/mol. The van der Waals surface area contributed by atoms with Crippen LogP contribution in [-0.4, -0.2) is 28.3 Å². The van der Waals surface area contributed by atoms with Crippen LogP contribution in [0.3, 0.4) is 0 Å². The molecule has 1 aliphatic heterocycles. The summed E-state index contributed by atoms with van der Waals surface area (Å²) in [5, 5.41) is 4.89. The molecule has 2 aromatic carbocycles. The first-order valence-electron chi connectivity index (χ1n) is 8.21. The Balaban J connectivity index is 1.86. The van der Waals surface area contributed by atoms with Gasteiger partial charge < -0.3 is 4.90 Å². The van der Waals surface area contributed by atoms with Gasteiger partial charge in [-0.15, -0.1) is 0 Å². The Morgan fingerprint density at radius 1 is 1.04 bits per heavy atom. The van der Waals surface area contributed by atoms with Crippen LogP contribution in [-0.2, 0) is 0 Å². The zero-order chi connectivity index (χ0) is 17.2. The third-order valence-corrected chi connectivity index (χ3v) is 4.75. The van der Waals surface area contributed by atoms with Crippen LogP contribution in [0, 0.1) is 0 Å². The molecule has 3 nitrogen and oxygen atoms in total. The van der Waals surface area contributed by atoms with Gasteiger partial charge in [0.25, 0.3) is 0 Å². The highest BCUT2D eigenvalue weighted by Gasteiger charge is 2.16. The van der Waals surface area contributed by atoms with Crippen LogP contribution in [0.5, 0.6) is 0 Å². The molecule has 2 heterocycles. The van der Waals surface area contributed by atoms with Gasteiger partial charge in [-0.25, -0.2) is 4.68 Å². The zero-order valence-corrected chi connectivity index (χ0v) is 15.5. The number of para-hydroxylation sites is 1. The van der Waals surface area contributed by atoms with Crippen molar-refractivity contribution in [2.45, 2.75) is 0 Å². The van der Waals surface area contributed by atoms with Crippen molar-refractivity contribution in [3.05, 3.63) is 89.2 Å². The Bertz CT molecular complexity index is 954. The van der Waals surface area contributed by atoms with Gasteiger partial charge in [-0.1, -0.05) is 52.3 Å². The summed E-state index contributed by atoms with van der Waals surface area (Å²) in [5.74, 6) is 0. The molecule has 25 heavy (non-hydrogen) atoms. The van der Waals surface area contributed by atoms with Gasteiger partial charge in [0.05, 0.1) is 5.69 Å². The van der Waals surface area contributed by atoms with Gasteiger partial charge in [-0.2, -0.15) is 5.10 Å². The fourth-order valence-corrected chi connectivity index (χ4v) is 3.32. The first-order valence-corrected chi connectivity index (χ1v) is 9.00. The van der Waals surface area contributed by atoms with E-state index < -0.39 is 0 Å². The molecule has 0 fully saturated rings. The number of hydrogen-bond donors (Lipinski definition) is 0. The number of likely N-dealkylation sites (N-methyl/N-ethyl adjacent to an activating group) is 1. The summed E-state index contributed by atoms with van der Waals surface area (Å²) in [4.78, 5) is 2.16. The van der Waals surface area contributed by atoms with Crippen molar-refractivity contribution in [1.29, 1.82) is 0 Å². The van der Waals surface area contributed by atoms with E-state index in [-0.39, 0.29) is 0 Å². The smallest absolute Gasteiger partial charge is 0.101 e. The zero-order valence-electron chi connectivity index (χ0n) is 13.9. The minimum atomic E-state index is 0.903. The van der Waals surface area contributed by atoms with E-state index in [4.69, 9.17) is 5.10 Å². The molecule has 0 unspecified atom stereocenters. The third kappa shape index (κ3) is 3.30. The molecule has 0 spiro atoms. The van der Waals surface area contributed by atoms with Crippen LogP contribution in [0.15, 0.2) is 83.6 Å². The summed E-state index contributed by atoms with van der Waals surface area (Å²) >= 11 is 3.57. The van der Waals surface area contributed by atoms with Crippen LogP contribution < -0.4 is 0 Å². The minimum absolute atomic E-state index is 0.903. The van der Waals surface area contributed by atoms with Crippen LogP contribution in [0.25, 0.3) is 22.5 Å². The third-order valence-electron chi connectivity index (χ3n) is 4.25. The van der Waals surface area contributed by atoms with Crippen molar-refractivity contribution in [3.8, 4) is 16.9 Å². The van der Waals surface area contributed by atoms with E-state index in [1.165, 1.54) is 5.57 Å². The summed E-state index contributed by atoms with van der Waals surface area (Å²) < 4.78 is 3.01. The SMILES string of the molecule is CN1C=CC(c2cn(-c3ccccc3)nc2-c2cccc(Br)c2)=CC1. The molecule has 0 saturated carbocycles. The van der Waals surface area contributed by atoms with Crippen molar-refractivity contribution in [2.75, 3.05) is 13.6 Å². The first-order chi connectivity index (χ1) is 12.2. The largest absolute Gasteiger partial charge is 0.377 e. The Morgan fingerprint density at radius 2 is 1.88 bits per heavy atom. The number of nitrogens with zero attached hydrogens (tertiary/aromatic N) is 3. The lowest BCUT2D eigenvalue weighted by molar-refractivity contribution is 0.506.